The Balaban J connectivity index is 0.000000271. The number of nitrogens with zero attached hydrogens (tertiary/aromatic N) is 2. The molecule has 150 valence electrons. The number of carbonyl (C=O) groups is 4. The van der Waals surface area contributed by atoms with Crippen LogP contribution in [0.25, 0.3) is 0 Å². The maximum Gasteiger partial charge on any atom is 0.256 e. The Kier molecular flexibility index (Phi) is 7.68. The van der Waals surface area contributed by atoms with Gasteiger partial charge in [-0.3, -0.25) is 29.0 Å². The quantitative estimate of drug-likeness (QED) is 0.500. The van der Waals surface area contributed by atoms with Gasteiger partial charge in [0.25, 0.3) is 23.6 Å². The predicted molar refractivity (Wildman–Crippen MR) is 113 cm³/mol. The van der Waals surface area contributed by atoms with Gasteiger partial charge in [0.1, 0.15) is 0 Å². The van der Waals surface area contributed by atoms with Crippen molar-refractivity contribution >= 4 is 39.8 Å². The highest BCUT2D eigenvalue weighted by molar-refractivity contribution is 6.76. The van der Waals surface area contributed by atoms with Crippen LogP contribution < -0.4 is 0 Å². The highest BCUT2D eigenvalue weighted by Crippen LogP contribution is 2.16. The summed E-state index contributed by atoms with van der Waals surface area (Å²) >= 11 is 0. The van der Waals surface area contributed by atoms with E-state index in [-0.39, 0.29) is 23.6 Å². The lowest BCUT2D eigenvalue weighted by Gasteiger charge is -2.20. The minimum absolute atomic E-state index is 0.117. The lowest BCUT2D eigenvalue weighted by Crippen LogP contribution is -2.35. The second-order valence-electron chi connectivity index (χ2n) is 9.41. The Labute approximate surface area is 164 Å². The molecule has 2 rings (SSSR count). The van der Waals surface area contributed by atoms with E-state index < -0.39 is 16.1 Å². The summed E-state index contributed by atoms with van der Waals surface area (Å²) in [5.74, 6) is -0.592. The van der Waals surface area contributed by atoms with Gasteiger partial charge in [-0.1, -0.05) is 39.3 Å². The molecule has 0 atom stereocenters. The summed E-state index contributed by atoms with van der Waals surface area (Å²) < 4.78 is 0. The van der Waals surface area contributed by atoms with Gasteiger partial charge in [-0.2, -0.15) is 0 Å². The highest BCUT2D eigenvalue weighted by atomic mass is 28.3. The van der Waals surface area contributed by atoms with E-state index in [2.05, 4.69) is 39.3 Å². The van der Waals surface area contributed by atoms with Crippen LogP contribution in [0.15, 0.2) is 23.8 Å². The van der Waals surface area contributed by atoms with E-state index >= 15 is 0 Å². The fourth-order valence-corrected chi connectivity index (χ4v) is 4.18. The molecule has 4 amide bonds. The SMILES string of the molecule is CC1=CC(=O)N(CC[Si](C)(C)C)C1=O.C[Si](C)(C)CCN1C(=O)C=CC1=O. The van der Waals surface area contributed by atoms with Gasteiger partial charge in [0, 0.05) is 53.0 Å². The smallest absolute Gasteiger partial charge is 0.256 e. The third-order valence-electron chi connectivity index (χ3n) is 4.26. The van der Waals surface area contributed by atoms with Crippen LogP contribution in [0.2, 0.25) is 51.4 Å². The van der Waals surface area contributed by atoms with E-state index in [0.29, 0.717) is 18.7 Å². The molecule has 0 unspecified atom stereocenters. The molecule has 0 bridgehead atoms. The second kappa shape index (κ2) is 8.92. The Morgan fingerprint density at radius 3 is 1.44 bits per heavy atom. The van der Waals surface area contributed by atoms with Gasteiger partial charge < -0.3 is 0 Å². The Hall–Kier alpha value is -1.81. The van der Waals surface area contributed by atoms with E-state index in [9.17, 15) is 19.2 Å². The zero-order chi connectivity index (χ0) is 21.0. The van der Waals surface area contributed by atoms with Gasteiger partial charge in [0.15, 0.2) is 0 Å². The van der Waals surface area contributed by atoms with E-state index in [1.165, 1.54) is 28.0 Å². The molecule has 6 nitrogen and oxygen atoms in total. The minimum Gasteiger partial charge on any atom is -0.276 e. The average molecular weight is 409 g/mol. The van der Waals surface area contributed by atoms with E-state index in [0.717, 1.165) is 12.1 Å². The number of imide groups is 2. The lowest BCUT2D eigenvalue weighted by atomic mass is 10.3. The van der Waals surface area contributed by atoms with Crippen molar-refractivity contribution in [3.63, 3.8) is 0 Å². The summed E-state index contributed by atoms with van der Waals surface area (Å²) in [6, 6.07) is 1.96. The number of amides is 4. The molecule has 8 heteroatoms. The van der Waals surface area contributed by atoms with Crippen molar-refractivity contribution in [1.29, 1.82) is 0 Å². The molecular weight excluding hydrogens is 376 g/mol. The summed E-state index contributed by atoms with van der Waals surface area (Å²) in [5, 5.41) is 0. The monoisotopic (exact) mass is 408 g/mol. The first-order chi connectivity index (χ1) is 12.2. The fraction of sp³-hybridized carbons (Fsp3) is 0.579. The normalized spacial score (nSPS) is 17.5. The average Bonchev–Trinajstić information content (AvgIpc) is 2.94. The number of carbonyl (C=O) groups excluding carboxylic acids is 4. The number of rotatable bonds is 6. The summed E-state index contributed by atoms with van der Waals surface area (Å²) in [6.07, 6.45) is 4.10. The van der Waals surface area contributed by atoms with Crippen LogP contribution in [0, 0.1) is 0 Å². The van der Waals surface area contributed by atoms with Crippen LogP contribution in [-0.2, 0) is 19.2 Å². The van der Waals surface area contributed by atoms with Crippen LogP contribution in [0.5, 0.6) is 0 Å². The number of hydrogen-bond acceptors (Lipinski definition) is 4. The first-order valence-corrected chi connectivity index (χ1v) is 16.7. The Bertz CT molecular complexity index is 667. The molecule has 27 heavy (non-hydrogen) atoms. The van der Waals surface area contributed by atoms with Crippen molar-refractivity contribution in [2.24, 2.45) is 0 Å². The van der Waals surface area contributed by atoms with Crippen LogP contribution in [0.1, 0.15) is 6.92 Å². The minimum atomic E-state index is -1.18. The van der Waals surface area contributed by atoms with Gasteiger partial charge >= 0.3 is 0 Å². The van der Waals surface area contributed by atoms with Gasteiger partial charge in [-0.25, -0.2) is 0 Å². The molecule has 2 heterocycles. The first-order valence-electron chi connectivity index (χ1n) is 9.29. The molecule has 0 fully saturated rings. The van der Waals surface area contributed by atoms with E-state index in [1.54, 1.807) is 6.92 Å². The zero-order valence-corrected chi connectivity index (χ0v) is 19.6. The first kappa shape index (κ1) is 23.2. The molecule has 0 N–H and O–H groups in total. The zero-order valence-electron chi connectivity index (χ0n) is 17.6. The molecule has 0 aromatic rings. The predicted octanol–water partition coefficient (Wildman–Crippen LogP) is 2.89. The Morgan fingerprint density at radius 1 is 0.704 bits per heavy atom. The van der Waals surface area contributed by atoms with Gasteiger partial charge in [0.2, 0.25) is 0 Å². The van der Waals surface area contributed by atoms with Crippen molar-refractivity contribution < 1.29 is 19.2 Å². The van der Waals surface area contributed by atoms with Crippen molar-refractivity contribution in [1.82, 2.24) is 9.80 Å². The van der Waals surface area contributed by atoms with Crippen LogP contribution in [0.4, 0.5) is 0 Å². The molecule has 0 spiro atoms. The maximum atomic E-state index is 11.5. The van der Waals surface area contributed by atoms with Gasteiger partial charge in [-0.15, -0.1) is 0 Å². The lowest BCUT2D eigenvalue weighted by molar-refractivity contribution is -0.138. The van der Waals surface area contributed by atoms with Gasteiger partial charge in [-0.05, 0) is 19.0 Å². The molecule has 0 aliphatic carbocycles. The third kappa shape index (κ3) is 7.76. The largest absolute Gasteiger partial charge is 0.276 e. The third-order valence-corrected chi connectivity index (χ3v) is 7.71. The molecule has 0 saturated carbocycles. The van der Waals surface area contributed by atoms with Crippen LogP contribution in [0.3, 0.4) is 0 Å². The summed E-state index contributed by atoms with van der Waals surface area (Å²) in [7, 11) is -2.33. The maximum absolute atomic E-state index is 11.5. The van der Waals surface area contributed by atoms with Crippen LogP contribution >= 0.6 is 0 Å². The van der Waals surface area contributed by atoms with Crippen molar-refractivity contribution in [2.75, 3.05) is 13.1 Å². The van der Waals surface area contributed by atoms with Crippen LogP contribution in [-0.4, -0.2) is 62.7 Å². The molecule has 2 aliphatic rings. The topological polar surface area (TPSA) is 74.8 Å². The molecular formula is C19H32N2O4Si2. The van der Waals surface area contributed by atoms with Crippen molar-refractivity contribution in [3.8, 4) is 0 Å². The number of hydrogen-bond donors (Lipinski definition) is 0. The van der Waals surface area contributed by atoms with Crippen molar-refractivity contribution in [3.05, 3.63) is 23.8 Å². The van der Waals surface area contributed by atoms with E-state index in [1.807, 2.05) is 0 Å². The molecule has 0 saturated heterocycles. The van der Waals surface area contributed by atoms with E-state index in [4.69, 9.17) is 0 Å². The molecule has 0 radical (unpaired) electrons. The summed E-state index contributed by atoms with van der Waals surface area (Å²) in [6.45, 7) is 16.2. The summed E-state index contributed by atoms with van der Waals surface area (Å²) in [4.78, 5) is 47.8. The highest BCUT2D eigenvalue weighted by Gasteiger charge is 2.29. The van der Waals surface area contributed by atoms with Crippen molar-refractivity contribution in [2.45, 2.75) is 58.3 Å². The molecule has 0 aromatic carbocycles. The molecule has 2 aliphatic heterocycles. The Morgan fingerprint density at radius 2 is 1.11 bits per heavy atom. The standard InChI is InChI=1S/C10H17NO2Si.C9H15NO2Si/c1-8-7-9(12)11(10(8)13)5-6-14(2,3)4;1-13(2,3)7-6-10-8(11)4-5-9(10)12/h7H,5-6H2,1-4H3;4-5H,6-7H2,1-3H3. The van der Waals surface area contributed by atoms with Gasteiger partial charge in [0.05, 0.1) is 0 Å². The summed E-state index contributed by atoms with van der Waals surface area (Å²) in [5.41, 5.74) is 0.561. The second-order valence-corrected chi connectivity index (χ2v) is 20.6. The molecule has 0 aromatic heterocycles. The fourth-order valence-electron chi connectivity index (χ4n) is 2.40.